The lowest BCUT2D eigenvalue weighted by molar-refractivity contribution is -0.121. The first kappa shape index (κ1) is 14.6. The molecule has 100 valence electrons. The van der Waals surface area contributed by atoms with Gasteiger partial charge in [-0.05, 0) is 18.9 Å². The Morgan fingerprint density at radius 1 is 1.39 bits per heavy atom. The summed E-state index contributed by atoms with van der Waals surface area (Å²) in [7, 11) is 0. The van der Waals surface area contributed by atoms with Gasteiger partial charge in [0.05, 0.1) is 6.42 Å². The van der Waals surface area contributed by atoms with Crippen LogP contribution in [-0.4, -0.2) is 23.7 Å². The summed E-state index contributed by atoms with van der Waals surface area (Å²) in [5.74, 6) is -2.44. The Labute approximate surface area is 105 Å². The molecule has 0 fully saturated rings. The van der Waals surface area contributed by atoms with E-state index in [4.69, 9.17) is 5.11 Å². The predicted octanol–water partition coefficient (Wildman–Crippen LogP) is 1.64. The van der Waals surface area contributed by atoms with Gasteiger partial charge >= 0.3 is 0 Å². The molecule has 18 heavy (non-hydrogen) atoms. The van der Waals surface area contributed by atoms with E-state index < -0.39 is 17.5 Å². The average molecular weight is 257 g/mol. The first-order valence-electron chi connectivity index (χ1n) is 5.78. The van der Waals surface area contributed by atoms with Crippen LogP contribution in [0.4, 0.5) is 8.78 Å². The molecule has 1 aromatic carbocycles. The molecule has 1 amide bonds. The lowest BCUT2D eigenvalue weighted by Crippen LogP contribution is -2.39. The van der Waals surface area contributed by atoms with Crippen LogP contribution in [0.5, 0.6) is 0 Å². The molecule has 0 radical (unpaired) electrons. The number of carbonyl (C=O) groups excluding carboxylic acids is 1. The van der Waals surface area contributed by atoms with Crippen LogP contribution in [0.3, 0.4) is 0 Å². The molecule has 0 bridgehead atoms. The van der Waals surface area contributed by atoms with E-state index in [0.29, 0.717) is 0 Å². The Kier molecular flexibility index (Phi) is 5.22. The molecule has 0 heterocycles. The van der Waals surface area contributed by atoms with E-state index in [2.05, 4.69) is 5.32 Å². The van der Waals surface area contributed by atoms with Crippen LogP contribution in [0.1, 0.15) is 19.4 Å². The summed E-state index contributed by atoms with van der Waals surface area (Å²) in [4.78, 5) is 11.6. The highest BCUT2D eigenvalue weighted by atomic mass is 19.2. The normalized spacial score (nSPS) is 14.1. The summed E-state index contributed by atoms with van der Waals surface area (Å²) >= 11 is 0. The SMILES string of the molecule is C[C@H](NC(=O)Cc1cccc(F)c1F)[C@@H](C)CO. The second kappa shape index (κ2) is 6.44. The second-order valence-electron chi connectivity index (χ2n) is 4.41. The zero-order valence-electron chi connectivity index (χ0n) is 10.4. The summed E-state index contributed by atoms with van der Waals surface area (Å²) in [6, 6.07) is 3.52. The summed E-state index contributed by atoms with van der Waals surface area (Å²) in [6.07, 6.45) is -0.216. The molecule has 0 aromatic heterocycles. The molecule has 2 atom stereocenters. The summed E-state index contributed by atoms with van der Waals surface area (Å²) in [5.41, 5.74) is 0.0244. The third-order valence-corrected chi connectivity index (χ3v) is 2.91. The first-order chi connectivity index (χ1) is 8.45. The largest absolute Gasteiger partial charge is 0.396 e. The van der Waals surface area contributed by atoms with Crippen molar-refractivity contribution in [3.8, 4) is 0 Å². The van der Waals surface area contributed by atoms with Crippen molar-refractivity contribution in [2.75, 3.05) is 6.61 Å². The van der Waals surface area contributed by atoms with E-state index in [1.807, 2.05) is 0 Å². The van der Waals surface area contributed by atoms with Crippen molar-refractivity contribution in [3.63, 3.8) is 0 Å². The van der Waals surface area contributed by atoms with Crippen molar-refractivity contribution in [3.05, 3.63) is 35.4 Å². The Hall–Kier alpha value is -1.49. The van der Waals surface area contributed by atoms with Gasteiger partial charge in [0.15, 0.2) is 11.6 Å². The number of benzene rings is 1. The summed E-state index contributed by atoms with van der Waals surface area (Å²) in [5, 5.41) is 11.6. The maximum atomic E-state index is 13.3. The number of nitrogens with one attached hydrogen (secondary N) is 1. The van der Waals surface area contributed by atoms with Crippen molar-refractivity contribution in [1.29, 1.82) is 0 Å². The molecular weight excluding hydrogens is 240 g/mol. The Bertz CT molecular complexity index is 423. The quantitative estimate of drug-likeness (QED) is 0.842. The number of aliphatic hydroxyl groups excluding tert-OH is 1. The highest BCUT2D eigenvalue weighted by Crippen LogP contribution is 2.12. The van der Waals surface area contributed by atoms with Gasteiger partial charge in [-0.1, -0.05) is 19.1 Å². The highest BCUT2D eigenvalue weighted by molar-refractivity contribution is 5.78. The van der Waals surface area contributed by atoms with Gasteiger partial charge in [0.2, 0.25) is 5.91 Å². The molecule has 0 unspecified atom stereocenters. The fourth-order valence-electron chi connectivity index (χ4n) is 1.46. The minimum Gasteiger partial charge on any atom is -0.396 e. The van der Waals surface area contributed by atoms with E-state index in [1.165, 1.54) is 12.1 Å². The zero-order valence-corrected chi connectivity index (χ0v) is 10.4. The van der Waals surface area contributed by atoms with Crippen LogP contribution in [0.15, 0.2) is 18.2 Å². The number of carbonyl (C=O) groups is 1. The van der Waals surface area contributed by atoms with Crippen LogP contribution in [0.2, 0.25) is 0 Å². The maximum Gasteiger partial charge on any atom is 0.224 e. The molecular formula is C13H17F2NO2. The van der Waals surface area contributed by atoms with Crippen molar-refractivity contribution < 1.29 is 18.7 Å². The standard InChI is InChI=1S/C13H17F2NO2/c1-8(7-17)9(2)16-12(18)6-10-4-3-5-11(14)13(10)15/h3-5,8-9,17H,6-7H2,1-2H3,(H,16,18)/t8-,9-/m0/s1. The molecule has 0 aliphatic heterocycles. The molecule has 1 rings (SSSR count). The van der Waals surface area contributed by atoms with Gasteiger partial charge < -0.3 is 10.4 Å². The molecule has 3 nitrogen and oxygen atoms in total. The smallest absolute Gasteiger partial charge is 0.224 e. The van der Waals surface area contributed by atoms with Crippen molar-refractivity contribution in [2.24, 2.45) is 5.92 Å². The van der Waals surface area contributed by atoms with E-state index in [1.54, 1.807) is 13.8 Å². The van der Waals surface area contributed by atoms with E-state index in [0.717, 1.165) is 6.07 Å². The van der Waals surface area contributed by atoms with Gasteiger partial charge in [-0.15, -0.1) is 0 Å². The van der Waals surface area contributed by atoms with Gasteiger partial charge in [-0.2, -0.15) is 0 Å². The molecule has 0 saturated heterocycles. The average Bonchev–Trinajstić information content (AvgIpc) is 2.33. The van der Waals surface area contributed by atoms with Crippen molar-refractivity contribution in [2.45, 2.75) is 26.3 Å². The first-order valence-corrected chi connectivity index (χ1v) is 5.78. The molecule has 1 aromatic rings. The van der Waals surface area contributed by atoms with Gasteiger partial charge in [0, 0.05) is 18.2 Å². The van der Waals surface area contributed by atoms with Crippen molar-refractivity contribution >= 4 is 5.91 Å². The number of aliphatic hydroxyl groups is 1. The Morgan fingerprint density at radius 3 is 2.67 bits per heavy atom. The summed E-state index contributed by atoms with van der Waals surface area (Å²) < 4.78 is 26.3. The van der Waals surface area contributed by atoms with Crippen LogP contribution in [0, 0.1) is 17.6 Å². The van der Waals surface area contributed by atoms with E-state index in [9.17, 15) is 13.6 Å². The van der Waals surface area contributed by atoms with Gasteiger partial charge in [0.1, 0.15) is 0 Å². The number of amides is 1. The van der Waals surface area contributed by atoms with Gasteiger partial charge in [0.25, 0.3) is 0 Å². The number of rotatable bonds is 5. The van der Waals surface area contributed by atoms with Crippen LogP contribution >= 0.6 is 0 Å². The second-order valence-corrected chi connectivity index (χ2v) is 4.41. The molecule has 0 saturated carbocycles. The van der Waals surface area contributed by atoms with Crippen LogP contribution in [-0.2, 0) is 11.2 Å². The topological polar surface area (TPSA) is 49.3 Å². The minimum atomic E-state index is -0.990. The number of hydrogen-bond donors (Lipinski definition) is 2. The van der Waals surface area contributed by atoms with Gasteiger partial charge in [-0.3, -0.25) is 4.79 Å². The Morgan fingerprint density at radius 2 is 2.06 bits per heavy atom. The van der Waals surface area contributed by atoms with Crippen LogP contribution < -0.4 is 5.32 Å². The molecule has 0 aliphatic carbocycles. The van der Waals surface area contributed by atoms with E-state index >= 15 is 0 Å². The molecule has 5 heteroatoms. The maximum absolute atomic E-state index is 13.3. The van der Waals surface area contributed by atoms with Crippen molar-refractivity contribution in [1.82, 2.24) is 5.32 Å². The molecule has 0 spiro atoms. The zero-order chi connectivity index (χ0) is 13.7. The fraction of sp³-hybridized carbons (Fsp3) is 0.462. The predicted molar refractivity (Wildman–Crippen MR) is 63.9 cm³/mol. The minimum absolute atomic E-state index is 0.0244. The van der Waals surface area contributed by atoms with Crippen LogP contribution in [0.25, 0.3) is 0 Å². The van der Waals surface area contributed by atoms with Gasteiger partial charge in [-0.25, -0.2) is 8.78 Å². The highest BCUT2D eigenvalue weighted by Gasteiger charge is 2.16. The number of halogens is 2. The lowest BCUT2D eigenvalue weighted by atomic mass is 10.0. The summed E-state index contributed by atoms with van der Waals surface area (Å²) in [6.45, 7) is 3.49. The third-order valence-electron chi connectivity index (χ3n) is 2.91. The van der Waals surface area contributed by atoms with E-state index in [-0.39, 0.29) is 30.6 Å². The molecule has 0 aliphatic rings. The number of hydrogen-bond acceptors (Lipinski definition) is 2. The molecule has 2 N–H and O–H groups in total. The fourth-order valence-corrected chi connectivity index (χ4v) is 1.46. The monoisotopic (exact) mass is 257 g/mol. The Balaban J connectivity index is 2.62. The third kappa shape index (κ3) is 3.77. The lowest BCUT2D eigenvalue weighted by Gasteiger charge is -2.19.